The molecule has 2 aliphatic carbocycles. The van der Waals surface area contributed by atoms with E-state index < -0.39 is 10.8 Å². The Labute approximate surface area is 778 Å². The topological polar surface area (TPSA) is 0 Å². The molecule has 0 fully saturated rings. The summed E-state index contributed by atoms with van der Waals surface area (Å²) in [5, 5.41) is 0. The van der Waals surface area contributed by atoms with Gasteiger partial charge in [-0.3, -0.25) is 0 Å². The molecule has 4 radical (unpaired) electrons. The molecule has 0 bridgehead atoms. The van der Waals surface area contributed by atoms with Gasteiger partial charge < -0.3 is 0 Å². The van der Waals surface area contributed by atoms with E-state index in [0.29, 0.717) is 0 Å². The molecule has 580 valence electrons. The molecule has 110 heavy (non-hydrogen) atoms. The molecule has 0 N–H and O–H groups in total. The van der Waals surface area contributed by atoms with Gasteiger partial charge in [-0.2, -0.15) is 263 Å². The molecular weight excluding hydrogens is 1630 g/mol. The maximum atomic E-state index is 3.68. The van der Waals surface area contributed by atoms with Gasteiger partial charge in [-0.1, -0.05) is 278 Å². The van der Waals surface area contributed by atoms with Gasteiger partial charge in [0.15, 0.2) is 0 Å². The van der Waals surface area contributed by atoms with Crippen LogP contribution in [0.2, 0.25) is 0 Å². The third-order valence-electron chi connectivity index (χ3n) is 16.0. The molecule has 12 aromatic carbocycles. The number of hydrogen-bond donors (Lipinski definition) is 0. The molecule has 0 nitrogen and oxygen atoms in total. The van der Waals surface area contributed by atoms with E-state index in [1.165, 1.54) is 106 Å². The Morgan fingerprint density at radius 2 is 0.536 bits per heavy atom. The fourth-order valence-electron chi connectivity index (χ4n) is 12.2. The summed E-state index contributed by atoms with van der Waals surface area (Å²) in [6.45, 7) is 56.5. The van der Waals surface area contributed by atoms with E-state index in [1.807, 2.05) is 251 Å². The van der Waals surface area contributed by atoms with Crippen molar-refractivity contribution >= 4 is 0 Å². The van der Waals surface area contributed by atoms with Gasteiger partial charge in [0, 0.05) is 142 Å². The van der Waals surface area contributed by atoms with Gasteiger partial charge in [-0.25, -0.2) is 0 Å². The summed E-state index contributed by atoms with van der Waals surface area (Å²) in [7, 11) is 0. The predicted molar refractivity (Wildman–Crippen MR) is 472 cm³/mol. The molecule has 0 saturated heterocycles. The number of rotatable bonds is 8. The maximum Gasteiger partial charge on any atom is 0.0260 e. The number of hydrogen-bond acceptors (Lipinski definition) is 0. The van der Waals surface area contributed by atoms with Crippen molar-refractivity contribution in [3.8, 4) is 0 Å². The maximum absolute atomic E-state index is 3.68. The van der Waals surface area contributed by atoms with Gasteiger partial charge in [0.25, 0.3) is 0 Å². The molecule has 14 rings (SSSR count). The van der Waals surface area contributed by atoms with Crippen LogP contribution in [0, 0.1) is 76.2 Å². The van der Waals surface area contributed by atoms with Crippen molar-refractivity contribution in [1.29, 1.82) is 0 Å². The van der Waals surface area contributed by atoms with Crippen LogP contribution in [-0.2, 0) is 167 Å². The summed E-state index contributed by atoms with van der Waals surface area (Å²) < 4.78 is 0. The minimum absolute atomic E-state index is 0. The third-order valence-corrected chi connectivity index (χ3v) is 16.0. The summed E-state index contributed by atoms with van der Waals surface area (Å²) in [6.07, 6.45) is 3.78. The Morgan fingerprint density at radius 3 is 0.909 bits per heavy atom. The van der Waals surface area contributed by atoms with Crippen LogP contribution < -0.4 is 0 Å². The summed E-state index contributed by atoms with van der Waals surface area (Å²) in [6, 6.07) is 121. The predicted octanol–water partition coefficient (Wildman–Crippen LogP) is 30.4. The molecule has 0 amide bonds. The van der Waals surface area contributed by atoms with Crippen LogP contribution in [0.4, 0.5) is 0 Å². The monoisotopic (exact) mass is 1760 g/mol. The van der Waals surface area contributed by atoms with E-state index >= 15 is 0 Å². The molecule has 0 spiro atoms. The number of benzene rings is 12. The summed E-state index contributed by atoms with van der Waals surface area (Å²) in [5.74, 6) is 0. The van der Waals surface area contributed by atoms with E-state index in [4.69, 9.17) is 0 Å². The normalized spacial score (nSPS) is 10.2. The van der Waals surface area contributed by atoms with Crippen LogP contribution >= 0.6 is 0 Å². The standard InChI is InChI=1S/2C27H20.2C14H12.12C2H6.4Y/c1-20-11-10-18-26-24(20)19-21-12-8-9-17-25(21)27(26,22-13-4-2-5-14-22)23-15-6-3-7-16-23;1-20-10-9-15-24(18-20)27(23-13-3-2-4-14-23)25-16-7-5-11-21(25)19-22-12-6-8-17-26(22)27;1-12-7-5-6-10-14(12)11-13-8-3-2-4-9-13;1-12-6-5-9-14(10-12)11-13-7-3-2-4-8-13;12*1-2;;;;/h2-13,15,17-18H,19H2,1H3;2-13,15-17H,19H2,1H3;2-8H,11H2,1H3;2-7,9H,11H2,1H3;12*1-2H3;;;;/q4*-2;;;;;;;;;;;;;;;;. The van der Waals surface area contributed by atoms with Crippen molar-refractivity contribution in [3.05, 3.63) is 427 Å². The zero-order valence-corrected chi connectivity index (χ0v) is 84.9. The third kappa shape index (κ3) is 34.2. The van der Waals surface area contributed by atoms with Crippen molar-refractivity contribution < 1.29 is 131 Å². The molecule has 0 unspecified atom stereocenters. The van der Waals surface area contributed by atoms with E-state index in [9.17, 15) is 0 Å². The fraction of sp³-hybridized carbons (Fsp3) is 0.321. The number of fused-ring (bicyclic) bond motifs is 4. The van der Waals surface area contributed by atoms with Gasteiger partial charge in [0.05, 0.1) is 0 Å². The molecule has 0 atom stereocenters. The Balaban J connectivity index is -0.000000304. The molecular formula is C106H136Y4-8. The van der Waals surface area contributed by atoms with Crippen LogP contribution in [0.5, 0.6) is 0 Å². The fourth-order valence-corrected chi connectivity index (χ4v) is 12.2. The molecule has 0 heterocycles. The Hall–Kier alpha value is -4.94. The largest absolute Gasteiger partial charge is 0.180 e. The van der Waals surface area contributed by atoms with Crippen LogP contribution in [0.25, 0.3) is 0 Å². The molecule has 0 aliphatic heterocycles. The summed E-state index contributed by atoms with van der Waals surface area (Å²) in [4.78, 5) is 0. The Bertz CT molecular complexity index is 3880. The zero-order chi connectivity index (χ0) is 80.1. The van der Waals surface area contributed by atoms with E-state index in [1.54, 1.807) is 0 Å². The Kier molecular flexibility index (Phi) is 76.9. The molecule has 0 saturated carbocycles. The minimum Gasteiger partial charge on any atom is -0.180 e. The second kappa shape index (κ2) is 73.0. The van der Waals surface area contributed by atoms with E-state index in [-0.39, 0.29) is 131 Å². The first kappa shape index (κ1) is 116. The summed E-state index contributed by atoms with van der Waals surface area (Å²) >= 11 is 0. The van der Waals surface area contributed by atoms with Crippen molar-refractivity contribution in [2.75, 3.05) is 0 Å². The van der Waals surface area contributed by atoms with Crippen molar-refractivity contribution in [3.63, 3.8) is 0 Å². The van der Waals surface area contributed by atoms with Crippen molar-refractivity contribution in [1.82, 2.24) is 0 Å². The first-order valence-electron chi connectivity index (χ1n) is 40.4. The first-order valence-corrected chi connectivity index (χ1v) is 40.4. The van der Waals surface area contributed by atoms with Gasteiger partial charge in [0.1, 0.15) is 0 Å². The van der Waals surface area contributed by atoms with Gasteiger partial charge in [-0.05, 0) is 82.7 Å². The average molecular weight is 1770 g/mol. The van der Waals surface area contributed by atoms with Gasteiger partial charge >= 0.3 is 0 Å². The van der Waals surface area contributed by atoms with Gasteiger partial charge in [-0.15, -0.1) is 22.3 Å². The SMILES string of the molecule is CC.CC.CC.CC.CC.CC.CC.CC.CC.CC.CC.CC.Cc1[c-]c(C2(c3[c-]cccc3)c3ccccc3Cc3ccccc32)ccc1.Cc1[c-]c(Cc2[c-]cccc2)ccc1.Cc1ccc[c-]c1Cc1[c-]cccc1.Cc1cccc2c1Cc1ccccc1C2(c1[c-]cccc1)c1[c-]cccc1.[Y].[Y].[Y].[Y]. The zero-order valence-electron chi connectivity index (χ0n) is 73.5. The average Bonchev–Trinajstić information content (AvgIpc) is 0.706. The Morgan fingerprint density at radius 1 is 0.236 bits per heavy atom. The summed E-state index contributed by atoms with van der Waals surface area (Å²) in [5.41, 5.74) is 24.8. The second-order valence-electron chi connectivity index (χ2n) is 21.3. The van der Waals surface area contributed by atoms with E-state index in [0.717, 1.165) is 31.2 Å². The first-order chi connectivity index (χ1) is 52.3. The molecule has 0 aromatic heterocycles. The van der Waals surface area contributed by atoms with Crippen molar-refractivity contribution in [2.24, 2.45) is 0 Å². The smallest absolute Gasteiger partial charge is 0.0260 e. The molecule has 2 aliphatic rings. The van der Waals surface area contributed by atoms with Crippen LogP contribution in [0.15, 0.2) is 267 Å². The molecule has 4 heteroatoms. The second-order valence-corrected chi connectivity index (χ2v) is 21.3. The minimum atomic E-state index is -0.390. The quantitative estimate of drug-likeness (QED) is 0.133. The number of aryl methyl sites for hydroxylation is 4. The van der Waals surface area contributed by atoms with Crippen LogP contribution in [-0.4, -0.2) is 0 Å². The molecule has 12 aromatic rings. The van der Waals surface area contributed by atoms with E-state index in [2.05, 4.69) is 258 Å². The van der Waals surface area contributed by atoms with Crippen LogP contribution in [0.3, 0.4) is 0 Å². The van der Waals surface area contributed by atoms with Gasteiger partial charge in [0.2, 0.25) is 0 Å². The van der Waals surface area contributed by atoms with Crippen LogP contribution in [0.1, 0.15) is 277 Å². The van der Waals surface area contributed by atoms with Crippen molar-refractivity contribution in [2.45, 2.75) is 230 Å².